The van der Waals surface area contributed by atoms with E-state index < -0.39 is 11.6 Å². The molecule has 0 fully saturated rings. The Morgan fingerprint density at radius 1 is 1.05 bits per heavy atom. The Morgan fingerprint density at radius 2 is 1.71 bits per heavy atom. The number of rotatable bonds is 4. The van der Waals surface area contributed by atoms with Crippen molar-refractivity contribution in [3.8, 4) is 0 Å². The van der Waals surface area contributed by atoms with Crippen molar-refractivity contribution in [1.82, 2.24) is 10.2 Å². The molecule has 4 heteroatoms. The minimum absolute atomic E-state index is 0.227. The van der Waals surface area contributed by atoms with E-state index in [9.17, 15) is 8.78 Å². The lowest BCUT2D eigenvalue weighted by Crippen LogP contribution is -2.31. The van der Waals surface area contributed by atoms with Gasteiger partial charge in [0, 0.05) is 31.2 Å². The molecule has 0 radical (unpaired) electrons. The Hall–Kier alpha value is -1.78. The van der Waals surface area contributed by atoms with Gasteiger partial charge in [-0.2, -0.15) is 0 Å². The second-order valence-electron chi connectivity index (χ2n) is 5.42. The van der Waals surface area contributed by atoms with Gasteiger partial charge in [0.05, 0.1) is 0 Å². The maximum Gasteiger partial charge on any atom is 0.163 e. The Kier molecular flexibility index (Phi) is 3.99. The summed E-state index contributed by atoms with van der Waals surface area (Å²) in [4.78, 5) is 2.25. The zero-order chi connectivity index (χ0) is 14.8. The summed E-state index contributed by atoms with van der Waals surface area (Å²) < 4.78 is 27.3. The third-order valence-electron chi connectivity index (χ3n) is 4.05. The molecule has 1 heterocycles. The van der Waals surface area contributed by atoms with Crippen LogP contribution < -0.4 is 5.32 Å². The van der Waals surface area contributed by atoms with Gasteiger partial charge in [-0.25, -0.2) is 8.78 Å². The number of nitrogens with one attached hydrogen (secondary N) is 1. The molecule has 1 atom stereocenters. The lowest BCUT2D eigenvalue weighted by Gasteiger charge is -2.24. The third kappa shape index (κ3) is 2.82. The number of likely N-dealkylation sites (N-methyl/N-ethyl adjacent to an activating group) is 1. The summed E-state index contributed by atoms with van der Waals surface area (Å²) in [5.41, 5.74) is 3.01. The zero-order valence-electron chi connectivity index (χ0n) is 11.9. The van der Waals surface area contributed by atoms with Gasteiger partial charge in [-0.3, -0.25) is 4.90 Å². The molecule has 2 aromatic rings. The zero-order valence-corrected chi connectivity index (χ0v) is 11.9. The van der Waals surface area contributed by atoms with E-state index in [2.05, 4.69) is 22.3 Å². The highest BCUT2D eigenvalue weighted by atomic mass is 19.2. The molecule has 1 aliphatic rings. The van der Waals surface area contributed by atoms with E-state index in [-0.39, 0.29) is 6.04 Å². The van der Waals surface area contributed by atoms with E-state index in [1.807, 2.05) is 12.1 Å². The molecule has 0 bridgehead atoms. The topological polar surface area (TPSA) is 15.3 Å². The van der Waals surface area contributed by atoms with Gasteiger partial charge >= 0.3 is 0 Å². The summed E-state index contributed by atoms with van der Waals surface area (Å²) in [5, 5.41) is 3.09. The smallest absolute Gasteiger partial charge is 0.163 e. The van der Waals surface area contributed by atoms with Crippen LogP contribution in [0.3, 0.4) is 0 Å². The Morgan fingerprint density at radius 3 is 2.33 bits per heavy atom. The molecule has 1 unspecified atom stereocenters. The SMILES string of the molecule is CNC(CN1Cc2ccccc2C1)c1cccc(F)c1F. The van der Waals surface area contributed by atoms with Crippen LogP contribution in [0.4, 0.5) is 8.78 Å². The van der Waals surface area contributed by atoms with Crippen molar-refractivity contribution in [2.45, 2.75) is 19.1 Å². The molecule has 0 saturated heterocycles. The first-order chi connectivity index (χ1) is 10.2. The Bertz CT molecular complexity index is 617. The van der Waals surface area contributed by atoms with Crippen LogP contribution in [-0.4, -0.2) is 18.5 Å². The standard InChI is InChI=1S/C17H18F2N2/c1-20-16(14-7-4-8-15(18)17(14)19)11-21-9-12-5-2-3-6-13(12)10-21/h2-8,16,20H,9-11H2,1H3. The van der Waals surface area contributed by atoms with E-state index in [1.165, 1.54) is 11.1 Å². The quantitative estimate of drug-likeness (QED) is 0.929. The van der Waals surface area contributed by atoms with Gasteiger partial charge in [-0.05, 0) is 24.2 Å². The molecule has 1 aliphatic heterocycles. The van der Waals surface area contributed by atoms with E-state index >= 15 is 0 Å². The van der Waals surface area contributed by atoms with Gasteiger partial charge in [-0.15, -0.1) is 0 Å². The molecule has 21 heavy (non-hydrogen) atoms. The maximum atomic E-state index is 13.9. The monoisotopic (exact) mass is 288 g/mol. The van der Waals surface area contributed by atoms with Crippen LogP contribution >= 0.6 is 0 Å². The lowest BCUT2D eigenvalue weighted by molar-refractivity contribution is 0.250. The minimum atomic E-state index is -0.794. The van der Waals surface area contributed by atoms with Crippen LogP contribution in [0.1, 0.15) is 22.7 Å². The van der Waals surface area contributed by atoms with Crippen molar-refractivity contribution < 1.29 is 8.78 Å². The van der Waals surface area contributed by atoms with E-state index in [4.69, 9.17) is 0 Å². The molecular formula is C17H18F2N2. The third-order valence-corrected chi connectivity index (χ3v) is 4.05. The van der Waals surface area contributed by atoms with Gasteiger partial charge in [0.15, 0.2) is 11.6 Å². The fourth-order valence-corrected chi connectivity index (χ4v) is 2.93. The molecule has 1 N–H and O–H groups in total. The Balaban J connectivity index is 1.76. The second-order valence-corrected chi connectivity index (χ2v) is 5.42. The fourth-order valence-electron chi connectivity index (χ4n) is 2.93. The number of nitrogens with zero attached hydrogens (tertiary/aromatic N) is 1. The maximum absolute atomic E-state index is 13.9. The van der Waals surface area contributed by atoms with Gasteiger partial charge in [0.1, 0.15) is 0 Å². The average molecular weight is 288 g/mol. The van der Waals surface area contributed by atoms with Gasteiger partial charge in [0.2, 0.25) is 0 Å². The second kappa shape index (κ2) is 5.92. The lowest BCUT2D eigenvalue weighted by atomic mass is 10.1. The predicted molar refractivity (Wildman–Crippen MR) is 78.7 cm³/mol. The number of hydrogen-bond donors (Lipinski definition) is 1. The van der Waals surface area contributed by atoms with Crippen molar-refractivity contribution in [2.24, 2.45) is 0 Å². The number of hydrogen-bond acceptors (Lipinski definition) is 2. The number of fused-ring (bicyclic) bond motifs is 1. The molecule has 2 aromatic carbocycles. The molecule has 2 nitrogen and oxygen atoms in total. The summed E-state index contributed by atoms with van der Waals surface area (Å²) in [6.07, 6.45) is 0. The van der Waals surface area contributed by atoms with Crippen LogP contribution in [-0.2, 0) is 13.1 Å². The molecule has 0 spiro atoms. The summed E-state index contributed by atoms with van der Waals surface area (Å²) >= 11 is 0. The first kappa shape index (κ1) is 14.2. The van der Waals surface area contributed by atoms with Crippen molar-refractivity contribution in [3.63, 3.8) is 0 Å². The van der Waals surface area contributed by atoms with Gasteiger partial charge in [0.25, 0.3) is 0 Å². The average Bonchev–Trinajstić information content (AvgIpc) is 2.90. The van der Waals surface area contributed by atoms with Crippen molar-refractivity contribution in [2.75, 3.05) is 13.6 Å². The largest absolute Gasteiger partial charge is 0.312 e. The predicted octanol–water partition coefficient (Wildman–Crippen LogP) is 3.24. The molecule has 3 rings (SSSR count). The van der Waals surface area contributed by atoms with Crippen molar-refractivity contribution in [1.29, 1.82) is 0 Å². The van der Waals surface area contributed by atoms with E-state index in [0.29, 0.717) is 12.1 Å². The number of benzene rings is 2. The molecule has 0 aromatic heterocycles. The summed E-state index contributed by atoms with van der Waals surface area (Å²) in [6.45, 7) is 2.35. The Labute approximate surface area is 123 Å². The molecule has 0 aliphatic carbocycles. The van der Waals surface area contributed by atoms with Crippen LogP contribution in [0.25, 0.3) is 0 Å². The number of halogens is 2. The first-order valence-electron chi connectivity index (χ1n) is 7.09. The van der Waals surface area contributed by atoms with Crippen LogP contribution in [0, 0.1) is 11.6 Å². The molecular weight excluding hydrogens is 270 g/mol. The highest BCUT2D eigenvalue weighted by molar-refractivity contribution is 5.30. The first-order valence-corrected chi connectivity index (χ1v) is 7.09. The van der Waals surface area contributed by atoms with Crippen molar-refractivity contribution >= 4 is 0 Å². The van der Waals surface area contributed by atoms with Crippen LogP contribution in [0.2, 0.25) is 0 Å². The summed E-state index contributed by atoms with van der Waals surface area (Å²) in [6, 6.07) is 12.4. The molecule has 0 saturated carbocycles. The van der Waals surface area contributed by atoms with Crippen LogP contribution in [0.5, 0.6) is 0 Å². The summed E-state index contributed by atoms with van der Waals surface area (Å²) in [7, 11) is 1.78. The molecule has 110 valence electrons. The van der Waals surface area contributed by atoms with Crippen molar-refractivity contribution in [3.05, 3.63) is 70.8 Å². The minimum Gasteiger partial charge on any atom is -0.312 e. The van der Waals surface area contributed by atoms with E-state index in [0.717, 1.165) is 19.2 Å². The summed E-state index contributed by atoms with van der Waals surface area (Å²) in [5.74, 6) is -1.55. The van der Waals surface area contributed by atoms with Gasteiger partial charge < -0.3 is 5.32 Å². The fraction of sp³-hybridized carbons (Fsp3) is 0.294. The highest BCUT2D eigenvalue weighted by Gasteiger charge is 2.23. The normalized spacial score (nSPS) is 16.0. The van der Waals surface area contributed by atoms with E-state index in [1.54, 1.807) is 19.2 Å². The highest BCUT2D eigenvalue weighted by Crippen LogP contribution is 2.26. The molecule has 0 amide bonds. The van der Waals surface area contributed by atoms with Gasteiger partial charge in [-0.1, -0.05) is 36.4 Å². The van der Waals surface area contributed by atoms with Crippen LogP contribution in [0.15, 0.2) is 42.5 Å².